The summed E-state index contributed by atoms with van der Waals surface area (Å²) in [5.41, 5.74) is 6.65. The van der Waals surface area contributed by atoms with E-state index < -0.39 is 0 Å². The van der Waals surface area contributed by atoms with Crippen molar-refractivity contribution < 1.29 is 8.81 Å². The van der Waals surface area contributed by atoms with Gasteiger partial charge in [0.2, 0.25) is 0 Å². The van der Waals surface area contributed by atoms with Gasteiger partial charge in [-0.15, -0.1) is 0 Å². The highest BCUT2D eigenvalue weighted by atomic mass is 19.1. The van der Waals surface area contributed by atoms with Gasteiger partial charge in [-0.1, -0.05) is 12.1 Å². The summed E-state index contributed by atoms with van der Waals surface area (Å²) < 4.78 is 18.3. The number of halogens is 1. The van der Waals surface area contributed by atoms with E-state index in [1.54, 1.807) is 18.3 Å². The first-order valence-corrected chi connectivity index (χ1v) is 5.57. The minimum Gasteiger partial charge on any atom is -0.445 e. The van der Waals surface area contributed by atoms with Crippen LogP contribution in [0.5, 0.6) is 0 Å². The van der Waals surface area contributed by atoms with Crippen LogP contribution in [0.2, 0.25) is 0 Å². The second-order valence-electron chi connectivity index (χ2n) is 4.20. The molecular formula is C13H15FN2O. The molecule has 0 saturated heterocycles. The highest BCUT2D eigenvalue weighted by Crippen LogP contribution is 2.12. The van der Waals surface area contributed by atoms with Crippen molar-refractivity contribution in [3.05, 3.63) is 53.5 Å². The lowest BCUT2D eigenvalue weighted by atomic mass is 10.1. The summed E-state index contributed by atoms with van der Waals surface area (Å²) in [7, 11) is 0. The fourth-order valence-electron chi connectivity index (χ4n) is 1.62. The molecule has 1 unspecified atom stereocenters. The average Bonchev–Trinajstić information content (AvgIpc) is 2.68. The predicted molar refractivity (Wildman–Crippen MR) is 63.1 cm³/mol. The van der Waals surface area contributed by atoms with Crippen LogP contribution in [0.1, 0.15) is 24.1 Å². The Morgan fingerprint density at radius 1 is 1.35 bits per heavy atom. The number of benzene rings is 1. The molecule has 90 valence electrons. The van der Waals surface area contributed by atoms with Crippen molar-refractivity contribution in [2.45, 2.75) is 25.8 Å². The maximum absolute atomic E-state index is 12.7. The quantitative estimate of drug-likeness (QED) is 0.883. The molecule has 0 amide bonds. The molecule has 2 aromatic rings. The number of rotatable bonds is 4. The van der Waals surface area contributed by atoms with E-state index >= 15 is 0 Å². The molecule has 0 aliphatic carbocycles. The molecule has 1 atom stereocenters. The van der Waals surface area contributed by atoms with Gasteiger partial charge in [0.25, 0.3) is 0 Å². The summed E-state index contributed by atoms with van der Waals surface area (Å²) in [5.74, 6) is 1.18. The van der Waals surface area contributed by atoms with Crippen molar-refractivity contribution in [1.29, 1.82) is 0 Å². The van der Waals surface area contributed by atoms with Gasteiger partial charge in [0.1, 0.15) is 11.6 Å². The molecule has 2 N–H and O–H groups in total. The van der Waals surface area contributed by atoms with Crippen LogP contribution in [0.3, 0.4) is 0 Å². The molecule has 0 bridgehead atoms. The molecule has 0 saturated carbocycles. The number of oxazole rings is 1. The fraction of sp³-hybridized carbons (Fsp3) is 0.308. The summed E-state index contributed by atoms with van der Waals surface area (Å²) in [5, 5.41) is 0. The molecule has 0 aliphatic heterocycles. The molecule has 3 nitrogen and oxygen atoms in total. The first-order chi connectivity index (χ1) is 8.13. The summed E-state index contributed by atoms with van der Waals surface area (Å²) in [6.45, 7) is 1.92. The van der Waals surface area contributed by atoms with Gasteiger partial charge in [0.15, 0.2) is 5.89 Å². The zero-order valence-corrected chi connectivity index (χ0v) is 9.69. The van der Waals surface area contributed by atoms with Crippen LogP contribution in [0.25, 0.3) is 0 Å². The third kappa shape index (κ3) is 3.39. The molecule has 4 heteroatoms. The fourth-order valence-corrected chi connectivity index (χ4v) is 1.62. The van der Waals surface area contributed by atoms with Crippen molar-refractivity contribution in [3.8, 4) is 0 Å². The first kappa shape index (κ1) is 11.8. The molecule has 0 spiro atoms. The molecule has 0 radical (unpaired) electrons. The average molecular weight is 234 g/mol. The second-order valence-corrected chi connectivity index (χ2v) is 4.20. The molecule has 1 heterocycles. The minimum atomic E-state index is -0.237. The standard InChI is InChI=1S/C13H15FN2O/c1-9(15)6-12-8-16-13(17-12)7-10-2-4-11(14)5-3-10/h2-5,8-9H,6-7,15H2,1H3. The van der Waals surface area contributed by atoms with E-state index in [9.17, 15) is 4.39 Å². The SMILES string of the molecule is CC(N)Cc1cnc(Cc2ccc(F)cc2)o1. The highest BCUT2D eigenvalue weighted by Gasteiger charge is 2.06. The number of nitrogens with two attached hydrogens (primary N) is 1. The normalized spacial score (nSPS) is 12.6. The van der Waals surface area contributed by atoms with E-state index in [2.05, 4.69) is 4.98 Å². The van der Waals surface area contributed by atoms with Crippen molar-refractivity contribution in [1.82, 2.24) is 4.98 Å². The smallest absolute Gasteiger partial charge is 0.198 e. The largest absolute Gasteiger partial charge is 0.445 e. The van der Waals surface area contributed by atoms with Crippen LogP contribution in [0, 0.1) is 5.82 Å². The molecule has 17 heavy (non-hydrogen) atoms. The van der Waals surface area contributed by atoms with Crippen molar-refractivity contribution in [2.75, 3.05) is 0 Å². The molecule has 0 fully saturated rings. The zero-order chi connectivity index (χ0) is 12.3. The summed E-state index contributed by atoms with van der Waals surface area (Å²) in [6.07, 6.45) is 2.94. The Balaban J connectivity index is 2.03. The van der Waals surface area contributed by atoms with Crippen LogP contribution in [0.15, 0.2) is 34.9 Å². The van der Waals surface area contributed by atoms with Crippen molar-refractivity contribution in [3.63, 3.8) is 0 Å². The Morgan fingerprint density at radius 2 is 2.06 bits per heavy atom. The minimum absolute atomic E-state index is 0.0571. The van der Waals surface area contributed by atoms with Crippen molar-refractivity contribution >= 4 is 0 Å². The zero-order valence-electron chi connectivity index (χ0n) is 9.69. The van der Waals surface area contributed by atoms with Gasteiger partial charge < -0.3 is 10.2 Å². The lowest BCUT2D eigenvalue weighted by Crippen LogP contribution is -2.17. The Bertz CT molecular complexity index is 476. The monoisotopic (exact) mass is 234 g/mol. The van der Waals surface area contributed by atoms with Crippen LogP contribution in [0.4, 0.5) is 4.39 Å². The van der Waals surface area contributed by atoms with Crippen molar-refractivity contribution in [2.24, 2.45) is 5.73 Å². The van der Waals surface area contributed by atoms with Gasteiger partial charge in [-0.05, 0) is 24.6 Å². The molecule has 2 rings (SSSR count). The van der Waals surface area contributed by atoms with Crippen LogP contribution >= 0.6 is 0 Å². The summed E-state index contributed by atoms with van der Waals surface area (Å²) in [6, 6.07) is 6.37. The Hall–Kier alpha value is -1.68. The number of aromatic nitrogens is 1. The predicted octanol–water partition coefficient (Wildman–Crippen LogP) is 2.29. The lowest BCUT2D eigenvalue weighted by Gasteiger charge is -2.00. The van der Waals surface area contributed by atoms with Gasteiger partial charge in [0, 0.05) is 18.9 Å². The van der Waals surface area contributed by atoms with Gasteiger partial charge >= 0.3 is 0 Å². The topological polar surface area (TPSA) is 52.0 Å². The number of hydrogen-bond acceptors (Lipinski definition) is 3. The third-order valence-electron chi connectivity index (χ3n) is 2.39. The number of nitrogens with zero attached hydrogens (tertiary/aromatic N) is 1. The lowest BCUT2D eigenvalue weighted by molar-refractivity contribution is 0.452. The molecular weight excluding hydrogens is 219 g/mol. The van der Waals surface area contributed by atoms with E-state index in [1.807, 2.05) is 6.92 Å². The second kappa shape index (κ2) is 5.10. The van der Waals surface area contributed by atoms with Gasteiger partial charge in [-0.3, -0.25) is 0 Å². The molecule has 1 aromatic heterocycles. The summed E-state index contributed by atoms with van der Waals surface area (Å²) >= 11 is 0. The van der Waals surface area contributed by atoms with Crippen LogP contribution in [-0.2, 0) is 12.8 Å². The van der Waals surface area contributed by atoms with Gasteiger partial charge in [0.05, 0.1) is 6.20 Å². The van der Waals surface area contributed by atoms with Crippen LogP contribution < -0.4 is 5.73 Å². The van der Waals surface area contributed by atoms with E-state index in [4.69, 9.17) is 10.2 Å². The van der Waals surface area contributed by atoms with Crippen LogP contribution in [-0.4, -0.2) is 11.0 Å². The summed E-state index contributed by atoms with van der Waals surface area (Å²) in [4.78, 5) is 4.17. The van der Waals surface area contributed by atoms with Gasteiger partial charge in [-0.25, -0.2) is 9.37 Å². The van der Waals surface area contributed by atoms with E-state index in [0.717, 1.165) is 11.3 Å². The Labute approximate surface area is 99.5 Å². The van der Waals surface area contributed by atoms with Gasteiger partial charge in [-0.2, -0.15) is 0 Å². The third-order valence-corrected chi connectivity index (χ3v) is 2.39. The van der Waals surface area contributed by atoms with E-state index in [-0.39, 0.29) is 11.9 Å². The molecule has 0 aliphatic rings. The van der Waals surface area contributed by atoms with E-state index in [0.29, 0.717) is 18.7 Å². The van der Waals surface area contributed by atoms with E-state index in [1.165, 1.54) is 12.1 Å². The highest BCUT2D eigenvalue weighted by molar-refractivity contribution is 5.19. The number of hydrogen-bond donors (Lipinski definition) is 1. The maximum Gasteiger partial charge on any atom is 0.198 e. The Morgan fingerprint density at radius 3 is 2.71 bits per heavy atom. The Kier molecular flexibility index (Phi) is 3.54. The first-order valence-electron chi connectivity index (χ1n) is 5.57. The molecule has 1 aromatic carbocycles. The maximum atomic E-state index is 12.7.